The highest BCUT2D eigenvalue weighted by molar-refractivity contribution is 4.72. The van der Waals surface area contributed by atoms with Crippen LogP contribution in [0.5, 0.6) is 0 Å². The zero-order valence-corrected chi connectivity index (χ0v) is 11.9. The monoisotopic (exact) mass is 290 g/mol. The van der Waals surface area contributed by atoms with E-state index in [1.807, 2.05) is 12.1 Å². The molecule has 1 saturated heterocycles. The fourth-order valence-corrected chi connectivity index (χ4v) is 1.40. The van der Waals surface area contributed by atoms with Crippen molar-refractivity contribution < 1.29 is 0 Å². The second kappa shape index (κ2) is 13.9. The molecule has 0 spiro atoms. The summed E-state index contributed by atoms with van der Waals surface area (Å²) in [5.74, 6) is 0. The molecule has 0 aromatic carbocycles. The average Bonchev–Trinajstić information content (AvgIpc) is 3.38. The van der Waals surface area contributed by atoms with Crippen molar-refractivity contribution >= 4 is 0 Å². The van der Waals surface area contributed by atoms with E-state index in [9.17, 15) is 0 Å². The highest BCUT2D eigenvalue weighted by Gasteiger charge is 1.93. The first-order chi connectivity index (χ1) is 10.5. The van der Waals surface area contributed by atoms with Gasteiger partial charge in [-0.15, -0.1) is 0 Å². The molecule has 0 bridgehead atoms. The second-order valence-corrected chi connectivity index (χ2v) is 4.00. The van der Waals surface area contributed by atoms with Gasteiger partial charge in [0.1, 0.15) is 0 Å². The van der Waals surface area contributed by atoms with E-state index in [4.69, 9.17) is 0 Å². The predicted molar refractivity (Wildman–Crippen MR) is 80.3 cm³/mol. The molecule has 0 saturated carbocycles. The lowest BCUT2D eigenvalue weighted by atomic mass is 10.2. The molecule has 4 N–H and O–H groups in total. The highest BCUT2D eigenvalue weighted by atomic mass is 15.3. The Balaban J connectivity index is 0.000000140. The van der Waals surface area contributed by atoms with Gasteiger partial charge in [-0.3, -0.25) is 10.2 Å². The van der Waals surface area contributed by atoms with Crippen molar-refractivity contribution in [2.24, 2.45) is 0 Å². The Kier molecular flexibility index (Phi) is 11.0. The Labute approximate surface area is 123 Å². The number of nitrogens with zero attached hydrogens (tertiary/aromatic N) is 4. The van der Waals surface area contributed by atoms with Gasteiger partial charge in [-0.05, 0) is 38.1 Å². The van der Waals surface area contributed by atoms with E-state index in [2.05, 4.69) is 41.1 Å². The molecule has 114 valence electrons. The molecule has 4 rings (SSSR count). The van der Waals surface area contributed by atoms with E-state index >= 15 is 0 Å². The minimum absolute atomic E-state index is 1.25. The molecular weight excluding hydrogens is 268 g/mol. The van der Waals surface area contributed by atoms with Gasteiger partial charge in [0.2, 0.25) is 0 Å². The third-order valence-electron chi connectivity index (χ3n) is 2.35. The van der Waals surface area contributed by atoms with Gasteiger partial charge in [0.15, 0.2) is 0 Å². The molecule has 3 aromatic heterocycles. The zero-order chi connectivity index (χ0) is 14.8. The molecule has 1 aliphatic rings. The number of aromatic amines is 3. The molecule has 0 unspecified atom stereocenters. The molecule has 21 heavy (non-hydrogen) atoms. The topological polar surface area (TPSA) is 111 Å². The predicted octanol–water partition coefficient (Wildman–Crippen LogP) is 1.38. The number of H-pyrrole nitrogens is 3. The standard InChI is InChI=1S/C5H11N.2C3H4N2.C2H3N3/c1-2-4-6-5-3-1;3*1-2-4-5-3-1/h6H,1-5H2;2*1-3H,(H,4,5);1-2H,(H,3,4,5). The van der Waals surface area contributed by atoms with Crippen LogP contribution in [0.3, 0.4) is 0 Å². The number of hydrogen-bond acceptors (Lipinski definition) is 5. The van der Waals surface area contributed by atoms with Crippen molar-refractivity contribution in [2.75, 3.05) is 13.1 Å². The summed E-state index contributed by atoms with van der Waals surface area (Å²) in [6.07, 6.45) is 14.3. The van der Waals surface area contributed by atoms with E-state index in [0.29, 0.717) is 0 Å². The van der Waals surface area contributed by atoms with Gasteiger partial charge in [-0.1, -0.05) is 6.42 Å². The minimum Gasteiger partial charge on any atom is -0.317 e. The molecular formula is C13H22N8. The smallest absolute Gasteiger partial charge is 0.0690 e. The van der Waals surface area contributed by atoms with Crippen molar-refractivity contribution in [3.63, 3.8) is 0 Å². The Morgan fingerprint density at radius 1 is 0.619 bits per heavy atom. The van der Waals surface area contributed by atoms with Crippen LogP contribution in [0.25, 0.3) is 0 Å². The number of rotatable bonds is 0. The van der Waals surface area contributed by atoms with Crippen molar-refractivity contribution in [3.8, 4) is 0 Å². The van der Waals surface area contributed by atoms with Crippen LogP contribution in [0.1, 0.15) is 19.3 Å². The Hall–Kier alpha value is -2.48. The van der Waals surface area contributed by atoms with Crippen LogP contribution in [0.15, 0.2) is 49.3 Å². The maximum absolute atomic E-state index is 3.60. The Bertz CT molecular complexity index is 319. The van der Waals surface area contributed by atoms with Crippen LogP contribution in [0.4, 0.5) is 0 Å². The average molecular weight is 290 g/mol. The summed E-state index contributed by atoms with van der Waals surface area (Å²) in [5.41, 5.74) is 0. The van der Waals surface area contributed by atoms with Crippen LogP contribution in [0.2, 0.25) is 0 Å². The van der Waals surface area contributed by atoms with Crippen molar-refractivity contribution in [1.29, 1.82) is 0 Å². The van der Waals surface area contributed by atoms with Crippen LogP contribution < -0.4 is 5.32 Å². The number of piperidine rings is 1. The third kappa shape index (κ3) is 12.3. The quantitative estimate of drug-likeness (QED) is 0.500. The van der Waals surface area contributed by atoms with Crippen molar-refractivity contribution in [1.82, 2.24) is 41.1 Å². The van der Waals surface area contributed by atoms with Gasteiger partial charge in [0.25, 0.3) is 0 Å². The van der Waals surface area contributed by atoms with E-state index < -0.39 is 0 Å². The molecule has 4 heterocycles. The van der Waals surface area contributed by atoms with Gasteiger partial charge >= 0.3 is 0 Å². The summed E-state index contributed by atoms with van der Waals surface area (Å²) in [7, 11) is 0. The fourth-order valence-electron chi connectivity index (χ4n) is 1.40. The highest BCUT2D eigenvalue weighted by Crippen LogP contribution is 1.96. The Morgan fingerprint density at radius 2 is 1.19 bits per heavy atom. The molecule has 1 aliphatic heterocycles. The molecule has 0 aliphatic carbocycles. The Morgan fingerprint density at radius 3 is 1.33 bits per heavy atom. The lowest BCUT2D eigenvalue weighted by Gasteiger charge is -2.08. The summed E-state index contributed by atoms with van der Waals surface area (Å²) >= 11 is 0. The number of hydrogen-bond donors (Lipinski definition) is 4. The molecule has 0 amide bonds. The first kappa shape index (κ1) is 16.6. The van der Waals surface area contributed by atoms with E-state index in [1.54, 1.807) is 37.2 Å². The van der Waals surface area contributed by atoms with Crippen molar-refractivity contribution in [3.05, 3.63) is 49.3 Å². The van der Waals surface area contributed by atoms with Gasteiger partial charge < -0.3 is 5.32 Å². The zero-order valence-electron chi connectivity index (χ0n) is 11.9. The molecule has 8 nitrogen and oxygen atoms in total. The number of nitrogens with one attached hydrogen (secondary N) is 4. The fraction of sp³-hybridized carbons (Fsp3) is 0.385. The maximum atomic E-state index is 3.60. The largest absolute Gasteiger partial charge is 0.317 e. The van der Waals surface area contributed by atoms with Crippen LogP contribution in [0, 0.1) is 0 Å². The normalized spacial score (nSPS) is 12.6. The van der Waals surface area contributed by atoms with Gasteiger partial charge in [0, 0.05) is 24.8 Å². The lowest BCUT2D eigenvalue weighted by Crippen LogP contribution is -2.21. The summed E-state index contributed by atoms with van der Waals surface area (Å²) < 4.78 is 0. The van der Waals surface area contributed by atoms with Crippen LogP contribution >= 0.6 is 0 Å². The summed E-state index contributed by atoms with van der Waals surface area (Å²) in [6, 6.07) is 3.67. The molecule has 8 heteroatoms. The van der Waals surface area contributed by atoms with Gasteiger partial charge in [-0.25, -0.2) is 0 Å². The summed E-state index contributed by atoms with van der Waals surface area (Å²) in [4.78, 5) is 0. The van der Waals surface area contributed by atoms with Crippen molar-refractivity contribution in [2.45, 2.75) is 19.3 Å². The van der Waals surface area contributed by atoms with Gasteiger partial charge in [-0.2, -0.15) is 25.6 Å². The summed E-state index contributed by atoms with van der Waals surface area (Å²) in [6.45, 7) is 2.50. The molecule has 0 atom stereocenters. The van der Waals surface area contributed by atoms with E-state index in [-0.39, 0.29) is 0 Å². The SMILES string of the molecule is C1CCNCC1.c1cn[nH]c1.c1cn[nH]c1.c1cn[nH]n1. The minimum atomic E-state index is 1.25. The van der Waals surface area contributed by atoms with E-state index in [0.717, 1.165) is 0 Å². The second-order valence-electron chi connectivity index (χ2n) is 4.00. The molecule has 1 fully saturated rings. The first-order valence-electron chi connectivity index (χ1n) is 6.88. The number of aromatic nitrogens is 7. The van der Waals surface area contributed by atoms with Gasteiger partial charge in [0.05, 0.1) is 12.4 Å². The molecule has 0 radical (unpaired) electrons. The van der Waals surface area contributed by atoms with Crippen LogP contribution in [-0.2, 0) is 0 Å². The van der Waals surface area contributed by atoms with Crippen LogP contribution in [-0.4, -0.2) is 48.9 Å². The first-order valence-corrected chi connectivity index (χ1v) is 6.88. The lowest BCUT2D eigenvalue weighted by molar-refractivity contribution is 0.520. The maximum Gasteiger partial charge on any atom is 0.0690 e. The third-order valence-corrected chi connectivity index (χ3v) is 2.35. The summed E-state index contributed by atoms with van der Waals surface area (Å²) in [5, 5.41) is 25.0. The van der Waals surface area contributed by atoms with E-state index in [1.165, 1.54) is 32.4 Å². The molecule has 3 aromatic rings.